The molecule has 0 N–H and O–H groups in total. The quantitative estimate of drug-likeness (QED) is 0.355. The molecule has 1 aliphatic heterocycles. The minimum Gasteiger partial charge on any atom is -0.490 e. The van der Waals surface area contributed by atoms with Gasteiger partial charge in [0.2, 0.25) is 5.91 Å². The minimum atomic E-state index is -2.61. The Hall–Kier alpha value is -0.586. The molecule has 1 aliphatic rings. The fourth-order valence-electron chi connectivity index (χ4n) is 2.35. The standard InChI is InChI=1S/C17H17BrF2NO2.Y/c1-3-8-23-12-4-5-13(11(2)9-12)15-7-6-14(18)17(22)21(15)10-16(19)20;/h3-5,9,14,16H,1,6,8,10H2,2H3;/q-1;. The Morgan fingerprint density at radius 2 is 2.25 bits per heavy atom. The molecule has 1 aromatic rings. The van der Waals surface area contributed by atoms with Crippen LogP contribution < -0.4 is 4.74 Å². The predicted molar refractivity (Wildman–Crippen MR) is 88.6 cm³/mol. The van der Waals surface area contributed by atoms with Gasteiger partial charge >= 0.3 is 0 Å². The van der Waals surface area contributed by atoms with Crippen molar-refractivity contribution in [3.8, 4) is 5.75 Å². The molecule has 1 atom stereocenters. The molecule has 0 bridgehead atoms. The Morgan fingerprint density at radius 3 is 2.83 bits per heavy atom. The van der Waals surface area contributed by atoms with E-state index in [0.717, 1.165) is 10.5 Å². The molecular formula is C17H17BrF2NO2Y-. The third kappa shape index (κ3) is 5.20. The Kier molecular flexibility index (Phi) is 8.75. The van der Waals surface area contributed by atoms with Gasteiger partial charge in [-0.1, -0.05) is 41.9 Å². The van der Waals surface area contributed by atoms with Crippen LogP contribution >= 0.6 is 15.9 Å². The first-order chi connectivity index (χ1) is 10.9. The summed E-state index contributed by atoms with van der Waals surface area (Å²) in [7, 11) is 0. The summed E-state index contributed by atoms with van der Waals surface area (Å²) in [5.74, 6) is 0.290. The Balaban J connectivity index is 0.00000288. The van der Waals surface area contributed by atoms with Gasteiger partial charge in [0.05, 0.1) is 11.4 Å². The normalized spacial score (nSPS) is 17.4. The maximum absolute atomic E-state index is 12.8. The van der Waals surface area contributed by atoms with Gasteiger partial charge in [-0.25, -0.2) is 14.9 Å². The topological polar surface area (TPSA) is 29.5 Å². The van der Waals surface area contributed by atoms with E-state index < -0.39 is 17.8 Å². The fraction of sp³-hybridized carbons (Fsp3) is 0.353. The number of hydrogen-bond acceptors (Lipinski definition) is 2. The minimum absolute atomic E-state index is 0. The van der Waals surface area contributed by atoms with E-state index in [9.17, 15) is 13.6 Å². The van der Waals surface area contributed by atoms with E-state index in [1.165, 1.54) is 0 Å². The first-order valence-electron chi connectivity index (χ1n) is 7.13. The van der Waals surface area contributed by atoms with Gasteiger partial charge in [0.1, 0.15) is 12.4 Å². The van der Waals surface area contributed by atoms with Crippen molar-refractivity contribution in [2.45, 2.75) is 24.6 Å². The molecule has 1 amide bonds. The number of allylic oxidation sites excluding steroid dienone is 1. The molecule has 0 saturated heterocycles. The van der Waals surface area contributed by atoms with Crippen LogP contribution in [0.25, 0.3) is 5.70 Å². The summed E-state index contributed by atoms with van der Waals surface area (Å²) >= 11 is 3.20. The summed E-state index contributed by atoms with van der Waals surface area (Å²) in [5, 5.41) is 0. The summed E-state index contributed by atoms with van der Waals surface area (Å²) in [6.45, 7) is 5.17. The molecule has 2 rings (SSSR count). The molecule has 1 radical (unpaired) electrons. The number of halogens is 3. The van der Waals surface area contributed by atoms with Crippen molar-refractivity contribution < 1.29 is 51.0 Å². The van der Waals surface area contributed by atoms with Gasteiger partial charge in [0.25, 0.3) is 6.43 Å². The van der Waals surface area contributed by atoms with Gasteiger partial charge in [0.15, 0.2) is 0 Å². The average Bonchev–Trinajstić information content (AvgIpc) is 2.50. The Bertz CT molecular complexity index is 637. The second-order valence-electron chi connectivity index (χ2n) is 5.11. The summed E-state index contributed by atoms with van der Waals surface area (Å²) in [5.41, 5.74) is 1.93. The second-order valence-corrected chi connectivity index (χ2v) is 6.22. The number of nitrogens with zero attached hydrogens (tertiary/aromatic N) is 1. The average molecular weight is 474 g/mol. The van der Waals surface area contributed by atoms with E-state index in [1.54, 1.807) is 24.3 Å². The van der Waals surface area contributed by atoms with Crippen molar-refractivity contribution in [1.82, 2.24) is 4.90 Å². The van der Waals surface area contributed by atoms with E-state index in [2.05, 4.69) is 28.6 Å². The van der Waals surface area contributed by atoms with Crippen LogP contribution in [0.4, 0.5) is 8.78 Å². The molecule has 7 heteroatoms. The molecule has 0 aromatic heterocycles. The molecular weight excluding hydrogens is 457 g/mol. The van der Waals surface area contributed by atoms with Crippen LogP contribution in [0.5, 0.6) is 5.75 Å². The van der Waals surface area contributed by atoms with E-state index in [1.807, 2.05) is 6.92 Å². The number of aryl methyl sites for hydroxylation is 1. The molecule has 0 spiro atoms. The third-order valence-electron chi connectivity index (χ3n) is 3.39. The third-order valence-corrected chi connectivity index (χ3v) is 4.11. The van der Waals surface area contributed by atoms with Gasteiger partial charge < -0.3 is 9.64 Å². The van der Waals surface area contributed by atoms with Gasteiger partial charge in [-0.3, -0.25) is 4.79 Å². The van der Waals surface area contributed by atoms with Crippen LogP contribution in [0.3, 0.4) is 0 Å². The number of benzene rings is 1. The Morgan fingerprint density at radius 1 is 1.54 bits per heavy atom. The zero-order chi connectivity index (χ0) is 17.0. The van der Waals surface area contributed by atoms with Crippen LogP contribution in [0.1, 0.15) is 17.5 Å². The molecule has 127 valence electrons. The number of amides is 1. The summed E-state index contributed by atoms with van der Waals surface area (Å²) in [6, 6.07) is 5.31. The van der Waals surface area contributed by atoms with E-state index >= 15 is 0 Å². The first kappa shape index (κ1) is 21.5. The monoisotopic (exact) mass is 473 g/mol. The largest absolute Gasteiger partial charge is 0.490 e. The van der Waals surface area contributed by atoms with Crippen molar-refractivity contribution in [3.05, 3.63) is 48.1 Å². The predicted octanol–water partition coefficient (Wildman–Crippen LogP) is 3.96. The summed E-state index contributed by atoms with van der Waals surface area (Å²) in [4.78, 5) is 12.8. The smallest absolute Gasteiger partial charge is 0.256 e. The maximum Gasteiger partial charge on any atom is 0.256 e. The van der Waals surface area contributed by atoms with Crippen molar-refractivity contribution in [2.24, 2.45) is 0 Å². The Labute approximate surface area is 174 Å². The number of rotatable bonds is 6. The molecule has 1 heterocycles. The molecule has 0 aliphatic carbocycles. The van der Waals surface area contributed by atoms with Crippen molar-refractivity contribution >= 4 is 27.5 Å². The number of ether oxygens (including phenoxy) is 1. The molecule has 24 heavy (non-hydrogen) atoms. The molecule has 0 saturated carbocycles. The van der Waals surface area contributed by atoms with Crippen LogP contribution in [0.15, 0.2) is 30.9 Å². The summed E-state index contributed by atoms with van der Waals surface area (Å²) in [6.07, 6.45) is 2.44. The van der Waals surface area contributed by atoms with Gasteiger partial charge in [-0.15, -0.1) is 22.9 Å². The summed E-state index contributed by atoms with van der Waals surface area (Å²) < 4.78 is 31.1. The number of carbonyl (C=O) groups is 1. The molecule has 0 fully saturated rings. The van der Waals surface area contributed by atoms with Crippen LogP contribution in [-0.2, 0) is 37.5 Å². The number of hydrogen-bond donors (Lipinski definition) is 0. The van der Waals surface area contributed by atoms with Gasteiger partial charge in [0, 0.05) is 32.7 Å². The SMILES string of the molecule is C=CCOc1ccc(C2=[C-]CC(Br)C(=O)N2CC(F)F)c(C)c1.[Y]. The number of alkyl halides is 3. The van der Waals surface area contributed by atoms with Crippen LogP contribution in [0.2, 0.25) is 0 Å². The van der Waals surface area contributed by atoms with Crippen molar-refractivity contribution in [2.75, 3.05) is 13.2 Å². The second kappa shape index (κ2) is 9.78. The van der Waals surface area contributed by atoms with Crippen molar-refractivity contribution in [3.63, 3.8) is 0 Å². The van der Waals surface area contributed by atoms with Crippen molar-refractivity contribution in [1.29, 1.82) is 0 Å². The van der Waals surface area contributed by atoms with Gasteiger partial charge in [-0.05, 0) is 12.1 Å². The van der Waals surface area contributed by atoms with Gasteiger partial charge in [-0.2, -0.15) is 0 Å². The van der Waals surface area contributed by atoms with Crippen LogP contribution in [-0.4, -0.2) is 35.2 Å². The maximum atomic E-state index is 12.8. The first-order valence-corrected chi connectivity index (χ1v) is 8.04. The van der Waals surface area contributed by atoms with E-state index in [4.69, 9.17) is 4.74 Å². The molecule has 1 aromatic carbocycles. The molecule has 3 nitrogen and oxygen atoms in total. The zero-order valence-electron chi connectivity index (χ0n) is 13.3. The molecule has 1 unspecified atom stereocenters. The van der Waals surface area contributed by atoms with E-state index in [-0.39, 0.29) is 38.6 Å². The fourth-order valence-corrected chi connectivity index (χ4v) is 2.76. The number of carbonyl (C=O) groups excluding carboxylic acids is 1. The van der Waals surface area contributed by atoms with Crippen LogP contribution in [0, 0.1) is 13.0 Å². The zero-order valence-corrected chi connectivity index (χ0v) is 17.7. The van der Waals surface area contributed by atoms with E-state index in [0.29, 0.717) is 30.0 Å².